The highest BCUT2D eigenvalue weighted by atomic mass is 35.5. The van der Waals surface area contributed by atoms with Crippen LogP contribution in [0.4, 0.5) is 4.39 Å². The fraction of sp³-hybridized carbons (Fsp3) is 0.300. The van der Waals surface area contributed by atoms with Crippen molar-refractivity contribution in [2.45, 2.75) is 10.3 Å². The van der Waals surface area contributed by atoms with Gasteiger partial charge in [0.1, 0.15) is 10.2 Å². The van der Waals surface area contributed by atoms with Crippen LogP contribution in [0.2, 0.25) is 5.02 Å². The van der Waals surface area contributed by atoms with E-state index < -0.39 is 28.0 Å². The Morgan fingerprint density at radius 3 is 2.50 bits per heavy atom. The van der Waals surface area contributed by atoms with Crippen molar-refractivity contribution < 1.29 is 14.3 Å². The monoisotopic (exact) mass is 282 g/mol. The summed E-state index contributed by atoms with van der Waals surface area (Å²) in [6.07, 6.45) is 0. The molecule has 86 valence electrons. The molecule has 6 heteroatoms. The van der Waals surface area contributed by atoms with Crippen LogP contribution in [0.5, 0.6) is 0 Å². The van der Waals surface area contributed by atoms with E-state index in [2.05, 4.69) is 0 Å². The maximum absolute atomic E-state index is 13.2. The van der Waals surface area contributed by atoms with Crippen LogP contribution in [0, 0.1) is 11.7 Å². The van der Waals surface area contributed by atoms with E-state index in [1.165, 1.54) is 12.1 Å². The van der Waals surface area contributed by atoms with Gasteiger partial charge in [0.2, 0.25) is 0 Å². The van der Waals surface area contributed by atoms with Gasteiger partial charge in [0.05, 0.1) is 10.9 Å². The Labute approximate surface area is 106 Å². The van der Waals surface area contributed by atoms with Crippen molar-refractivity contribution in [2.75, 3.05) is 0 Å². The first-order valence-electron chi connectivity index (χ1n) is 4.41. The normalized spacial score (nSPS) is 26.5. The number of hydrogen-bond acceptors (Lipinski definition) is 1. The van der Waals surface area contributed by atoms with E-state index in [1.807, 2.05) is 0 Å². The summed E-state index contributed by atoms with van der Waals surface area (Å²) in [5.41, 5.74) is 0.444. The van der Waals surface area contributed by atoms with Crippen molar-refractivity contribution >= 4 is 40.8 Å². The van der Waals surface area contributed by atoms with Gasteiger partial charge in [-0.1, -0.05) is 40.9 Å². The van der Waals surface area contributed by atoms with Gasteiger partial charge >= 0.3 is 5.97 Å². The molecule has 0 bridgehead atoms. The van der Waals surface area contributed by atoms with E-state index in [4.69, 9.17) is 39.9 Å². The molecule has 1 aromatic carbocycles. The molecule has 0 spiro atoms. The number of alkyl halides is 2. The summed E-state index contributed by atoms with van der Waals surface area (Å²) in [6, 6.07) is 4.04. The third kappa shape index (κ3) is 1.77. The fourth-order valence-corrected chi connectivity index (χ4v) is 2.69. The van der Waals surface area contributed by atoms with E-state index >= 15 is 0 Å². The number of benzene rings is 1. The van der Waals surface area contributed by atoms with Crippen molar-refractivity contribution in [3.05, 3.63) is 34.6 Å². The molecule has 0 radical (unpaired) electrons. The minimum absolute atomic E-state index is 0.0222. The molecule has 2 atom stereocenters. The van der Waals surface area contributed by atoms with Crippen molar-refractivity contribution in [1.82, 2.24) is 0 Å². The van der Waals surface area contributed by atoms with Crippen LogP contribution >= 0.6 is 34.8 Å². The summed E-state index contributed by atoms with van der Waals surface area (Å²) in [7, 11) is 0. The molecule has 0 saturated heterocycles. The summed E-state index contributed by atoms with van der Waals surface area (Å²) in [6.45, 7) is 0. The van der Waals surface area contributed by atoms with Crippen molar-refractivity contribution in [1.29, 1.82) is 0 Å². The Kier molecular flexibility index (Phi) is 2.81. The lowest BCUT2D eigenvalue weighted by Crippen LogP contribution is -2.03. The Bertz CT molecular complexity index is 461. The molecule has 1 N–H and O–H groups in total. The Balaban J connectivity index is 2.33. The van der Waals surface area contributed by atoms with Gasteiger partial charge in [-0.25, -0.2) is 4.39 Å². The predicted octanol–water partition coefficient (Wildman–Crippen LogP) is 3.45. The SMILES string of the molecule is O=C(O)[C@@H]1[C@@H](c2ccc(Cl)c(F)c2)C1(Cl)Cl. The van der Waals surface area contributed by atoms with Crippen molar-refractivity contribution in [2.24, 2.45) is 5.92 Å². The number of carbonyl (C=O) groups is 1. The number of carboxylic acid groups (broad SMARTS) is 1. The first-order chi connectivity index (χ1) is 7.35. The molecule has 1 aliphatic rings. The van der Waals surface area contributed by atoms with Crippen LogP contribution in [-0.4, -0.2) is 15.4 Å². The number of halogens is 4. The van der Waals surface area contributed by atoms with Gasteiger partial charge in [0.15, 0.2) is 0 Å². The lowest BCUT2D eigenvalue weighted by Gasteiger charge is -2.01. The molecule has 0 heterocycles. The Morgan fingerprint density at radius 2 is 2.06 bits per heavy atom. The van der Waals surface area contributed by atoms with Gasteiger partial charge in [-0.2, -0.15) is 0 Å². The molecular weight excluding hydrogens is 277 g/mol. The molecule has 0 unspecified atom stereocenters. The lowest BCUT2D eigenvalue weighted by molar-refractivity contribution is -0.138. The fourth-order valence-electron chi connectivity index (χ4n) is 1.75. The third-order valence-electron chi connectivity index (χ3n) is 2.62. The molecule has 2 rings (SSSR count). The van der Waals surface area contributed by atoms with Gasteiger partial charge < -0.3 is 5.11 Å². The van der Waals surface area contributed by atoms with Gasteiger partial charge in [-0.15, -0.1) is 0 Å². The molecule has 0 aromatic heterocycles. The minimum Gasteiger partial charge on any atom is -0.481 e. The zero-order chi connectivity index (χ0) is 12.1. The third-order valence-corrected chi connectivity index (χ3v) is 3.87. The van der Waals surface area contributed by atoms with Crippen LogP contribution in [0.3, 0.4) is 0 Å². The van der Waals surface area contributed by atoms with Gasteiger partial charge in [-0.05, 0) is 17.7 Å². The Hall–Kier alpha value is -0.510. The van der Waals surface area contributed by atoms with E-state index in [-0.39, 0.29) is 5.02 Å². The molecule has 0 aliphatic heterocycles. The number of hydrogen-bond donors (Lipinski definition) is 1. The zero-order valence-corrected chi connectivity index (χ0v) is 10.0. The molecule has 1 aromatic rings. The molecule has 1 saturated carbocycles. The maximum atomic E-state index is 13.2. The van der Waals surface area contributed by atoms with Crippen LogP contribution in [-0.2, 0) is 4.79 Å². The number of aliphatic carboxylic acids is 1. The number of carboxylic acids is 1. The van der Waals surface area contributed by atoms with Gasteiger partial charge in [0, 0.05) is 5.92 Å². The predicted molar refractivity (Wildman–Crippen MR) is 59.7 cm³/mol. The standard InChI is InChI=1S/C10H6Cl3FO2/c11-5-2-1-4(3-6(5)14)7-8(9(15)16)10(7,12)13/h1-3,7-8H,(H,15,16)/t7-,8+/m1/s1. The molecule has 1 fully saturated rings. The second-order valence-electron chi connectivity index (χ2n) is 3.64. The largest absolute Gasteiger partial charge is 0.481 e. The van der Waals surface area contributed by atoms with E-state index in [1.54, 1.807) is 0 Å². The summed E-state index contributed by atoms with van der Waals surface area (Å²) in [4.78, 5) is 10.8. The average molecular weight is 284 g/mol. The van der Waals surface area contributed by atoms with Gasteiger partial charge in [-0.3, -0.25) is 4.79 Å². The molecule has 1 aliphatic carbocycles. The first kappa shape index (κ1) is 12.0. The highest BCUT2D eigenvalue weighted by molar-refractivity contribution is 6.53. The first-order valence-corrected chi connectivity index (χ1v) is 5.54. The highest BCUT2D eigenvalue weighted by Crippen LogP contribution is 2.65. The van der Waals surface area contributed by atoms with E-state index in [0.717, 1.165) is 6.07 Å². The zero-order valence-electron chi connectivity index (χ0n) is 7.75. The number of rotatable bonds is 2. The molecule has 2 nitrogen and oxygen atoms in total. The maximum Gasteiger partial charge on any atom is 0.310 e. The summed E-state index contributed by atoms with van der Waals surface area (Å²) < 4.78 is 11.8. The van der Waals surface area contributed by atoms with E-state index in [0.29, 0.717) is 5.56 Å². The van der Waals surface area contributed by atoms with Crippen molar-refractivity contribution in [3.8, 4) is 0 Å². The molecule has 0 amide bonds. The van der Waals surface area contributed by atoms with Crippen LogP contribution < -0.4 is 0 Å². The van der Waals surface area contributed by atoms with E-state index in [9.17, 15) is 9.18 Å². The highest BCUT2D eigenvalue weighted by Gasteiger charge is 2.68. The summed E-state index contributed by atoms with van der Waals surface area (Å²) in [5.74, 6) is -3.21. The second kappa shape index (κ2) is 3.76. The molecular formula is C10H6Cl3FO2. The molecule has 16 heavy (non-hydrogen) atoms. The second-order valence-corrected chi connectivity index (χ2v) is 5.49. The average Bonchev–Trinajstić information content (AvgIpc) is 2.74. The van der Waals surface area contributed by atoms with Crippen LogP contribution in [0.1, 0.15) is 11.5 Å². The van der Waals surface area contributed by atoms with Gasteiger partial charge in [0.25, 0.3) is 0 Å². The van der Waals surface area contributed by atoms with Crippen LogP contribution in [0.25, 0.3) is 0 Å². The van der Waals surface area contributed by atoms with Crippen molar-refractivity contribution in [3.63, 3.8) is 0 Å². The quantitative estimate of drug-likeness (QED) is 0.844. The smallest absolute Gasteiger partial charge is 0.310 e. The topological polar surface area (TPSA) is 37.3 Å². The summed E-state index contributed by atoms with van der Waals surface area (Å²) in [5, 5.41) is 8.83. The van der Waals surface area contributed by atoms with Crippen LogP contribution in [0.15, 0.2) is 18.2 Å². The minimum atomic E-state index is -1.37. The summed E-state index contributed by atoms with van der Waals surface area (Å²) >= 11 is 17.2. The lowest BCUT2D eigenvalue weighted by atomic mass is 10.1. The Morgan fingerprint density at radius 1 is 1.44 bits per heavy atom.